The number of hydrogen-bond donors (Lipinski definition) is 1. The van der Waals surface area contributed by atoms with Crippen molar-refractivity contribution in [1.29, 1.82) is 0 Å². The Morgan fingerprint density at radius 3 is 2.81 bits per heavy atom. The molecule has 2 aromatic rings. The summed E-state index contributed by atoms with van der Waals surface area (Å²) in [6.45, 7) is -0.412. The molecule has 108 valence electrons. The van der Waals surface area contributed by atoms with Gasteiger partial charge in [-0.3, -0.25) is 9.97 Å². The molecule has 0 saturated heterocycles. The van der Waals surface area contributed by atoms with Crippen LogP contribution >= 0.6 is 0 Å². The fraction of sp³-hybridized carbons (Fsp3) is 0.133. The van der Waals surface area contributed by atoms with E-state index in [-0.39, 0.29) is 0 Å². The number of carboxylic acid groups (broad SMARTS) is 1. The van der Waals surface area contributed by atoms with Crippen LogP contribution in [0.3, 0.4) is 0 Å². The molecule has 0 aliphatic heterocycles. The highest BCUT2D eigenvalue weighted by Gasteiger charge is 2.06. The van der Waals surface area contributed by atoms with E-state index >= 15 is 0 Å². The second kappa shape index (κ2) is 7.04. The van der Waals surface area contributed by atoms with Crippen LogP contribution in [-0.4, -0.2) is 34.8 Å². The van der Waals surface area contributed by atoms with Crippen molar-refractivity contribution in [2.45, 2.75) is 0 Å². The summed E-state index contributed by atoms with van der Waals surface area (Å²) in [5, 5.41) is 8.61. The first-order valence-corrected chi connectivity index (χ1v) is 6.16. The SMILES string of the molecule is COc1cc(/C=C/c2cnccn2)ccc1OCC(=O)O. The molecule has 0 aliphatic rings. The highest BCUT2D eigenvalue weighted by Crippen LogP contribution is 2.28. The van der Waals surface area contributed by atoms with E-state index in [1.165, 1.54) is 7.11 Å². The third-order valence-electron chi connectivity index (χ3n) is 2.57. The second-order valence-corrected chi connectivity index (χ2v) is 4.06. The van der Waals surface area contributed by atoms with E-state index in [1.807, 2.05) is 12.2 Å². The maximum Gasteiger partial charge on any atom is 0.341 e. The molecule has 1 aromatic heterocycles. The normalized spacial score (nSPS) is 10.5. The van der Waals surface area contributed by atoms with Gasteiger partial charge in [-0.1, -0.05) is 12.1 Å². The van der Waals surface area contributed by atoms with Gasteiger partial charge < -0.3 is 14.6 Å². The molecule has 6 nitrogen and oxygen atoms in total. The number of aliphatic carboxylic acids is 1. The van der Waals surface area contributed by atoms with Gasteiger partial charge in [0.2, 0.25) is 0 Å². The Bertz CT molecular complexity index is 641. The molecule has 0 bridgehead atoms. The highest BCUT2D eigenvalue weighted by atomic mass is 16.5. The summed E-state index contributed by atoms with van der Waals surface area (Å²) in [7, 11) is 1.50. The molecule has 21 heavy (non-hydrogen) atoms. The zero-order valence-corrected chi connectivity index (χ0v) is 11.4. The standard InChI is InChI=1S/C15H14N2O4/c1-20-14-8-11(2-4-12-9-16-6-7-17-12)3-5-13(14)21-10-15(18)19/h2-9H,10H2,1H3,(H,18,19)/b4-2+. The molecule has 0 aliphatic carbocycles. The lowest BCUT2D eigenvalue weighted by atomic mass is 10.2. The lowest BCUT2D eigenvalue weighted by Crippen LogP contribution is -2.10. The van der Waals surface area contributed by atoms with E-state index in [0.29, 0.717) is 11.5 Å². The first-order valence-electron chi connectivity index (χ1n) is 6.16. The third kappa shape index (κ3) is 4.31. The molecule has 1 aromatic carbocycles. The van der Waals surface area contributed by atoms with Crippen molar-refractivity contribution in [3.63, 3.8) is 0 Å². The maximum absolute atomic E-state index is 10.5. The largest absolute Gasteiger partial charge is 0.493 e. The predicted molar refractivity (Wildman–Crippen MR) is 77.1 cm³/mol. The molecule has 0 amide bonds. The molecular weight excluding hydrogens is 272 g/mol. The third-order valence-corrected chi connectivity index (χ3v) is 2.57. The summed E-state index contributed by atoms with van der Waals surface area (Å²) in [5.41, 5.74) is 1.61. The maximum atomic E-state index is 10.5. The first kappa shape index (κ1) is 14.5. The lowest BCUT2D eigenvalue weighted by Gasteiger charge is -2.09. The monoisotopic (exact) mass is 286 g/mol. The minimum atomic E-state index is -1.04. The van der Waals surface area contributed by atoms with Crippen LogP contribution in [-0.2, 0) is 4.79 Å². The van der Waals surface area contributed by atoms with Crippen molar-refractivity contribution in [3.05, 3.63) is 48.0 Å². The molecule has 0 saturated carbocycles. The van der Waals surface area contributed by atoms with Crippen LogP contribution < -0.4 is 9.47 Å². The van der Waals surface area contributed by atoms with Crippen LogP contribution in [0, 0.1) is 0 Å². The molecule has 6 heteroatoms. The van der Waals surface area contributed by atoms with Crippen LogP contribution in [0.1, 0.15) is 11.3 Å². The van der Waals surface area contributed by atoms with E-state index in [2.05, 4.69) is 9.97 Å². The van der Waals surface area contributed by atoms with Crippen LogP contribution in [0.4, 0.5) is 0 Å². The Labute approximate surface area is 121 Å². The number of nitrogens with zero attached hydrogens (tertiary/aromatic N) is 2. The summed E-state index contributed by atoms with van der Waals surface area (Å²) in [6, 6.07) is 5.22. The smallest absolute Gasteiger partial charge is 0.341 e. The number of ether oxygens (including phenoxy) is 2. The zero-order chi connectivity index (χ0) is 15.1. The zero-order valence-electron chi connectivity index (χ0n) is 11.4. The van der Waals surface area contributed by atoms with Gasteiger partial charge in [0.05, 0.1) is 19.0 Å². The predicted octanol–water partition coefficient (Wildman–Crippen LogP) is 2.12. The van der Waals surface area contributed by atoms with E-state index in [9.17, 15) is 4.79 Å². The van der Waals surface area contributed by atoms with Crippen LogP contribution in [0.25, 0.3) is 12.2 Å². The number of carboxylic acids is 1. The highest BCUT2D eigenvalue weighted by molar-refractivity contribution is 5.70. The van der Waals surface area contributed by atoms with E-state index in [0.717, 1.165) is 11.3 Å². The van der Waals surface area contributed by atoms with Gasteiger partial charge >= 0.3 is 5.97 Å². The van der Waals surface area contributed by atoms with Crippen molar-refractivity contribution in [2.75, 3.05) is 13.7 Å². The van der Waals surface area contributed by atoms with E-state index < -0.39 is 12.6 Å². The Balaban J connectivity index is 2.15. The first-order chi connectivity index (χ1) is 10.2. The van der Waals surface area contributed by atoms with Crippen molar-refractivity contribution in [1.82, 2.24) is 9.97 Å². The summed E-state index contributed by atoms with van der Waals surface area (Å²) in [4.78, 5) is 18.6. The second-order valence-electron chi connectivity index (χ2n) is 4.06. The summed E-state index contributed by atoms with van der Waals surface area (Å²) in [6.07, 6.45) is 8.54. The number of rotatable bonds is 6. The van der Waals surface area contributed by atoms with Gasteiger partial charge in [-0.25, -0.2) is 4.79 Å². The molecule has 0 atom stereocenters. The van der Waals surface area contributed by atoms with Crippen molar-refractivity contribution in [3.8, 4) is 11.5 Å². The van der Waals surface area contributed by atoms with E-state index in [1.54, 1.807) is 36.8 Å². The molecular formula is C15H14N2O4. The quantitative estimate of drug-likeness (QED) is 0.876. The number of hydrogen-bond acceptors (Lipinski definition) is 5. The number of aromatic nitrogens is 2. The average Bonchev–Trinajstić information content (AvgIpc) is 2.52. The summed E-state index contributed by atoms with van der Waals surface area (Å²) >= 11 is 0. The van der Waals surface area contributed by atoms with Gasteiger partial charge in [-0.05, 0) is 23.8 Å². The Kier molecular flexibility index (Phi) is 4.87. The van der Waals surface area contributed by atoms with Gasteiger partial charge in [0.15, 0.2) is 18.1 Å². The Morgan fingerprint density at radius 2 is 2.14 bits per heavy atom. The average molecular weight is 286 g/mol. The molecule has 0 radical (unpaired) electrons. The fourth-order valence-electron chi connectivity index (χ4n) is 1.62. The van der Waals surface area contributed by atoms with Gasteiger partial charge in [0.25, 0.3) is 0 Å². The van der Waals surface area contributed by atoms with Gasteiger partial charge in [0.1, 0.15) is 0 Å². The Morgan fingerprint density at radius 1 is 1.29 bits per heavy atom. The van der Waals surface area contributed by atoms with Crippen LogP contribution in [0.2, 0.25) is 0 Å². The molecule has 0 fully saturated rings. The van der Waals surface area contributed by atoms with Crippen LogP contribution in [0.15, 0.2) is 36.8 Å². The van der Waals surface area contributed by atoms with Gasteiger partial charge in [0, 0.05) is 12.4 Å². The molecule has 1 heterocycles. The molecule has 1 N–H and O–H groups in total. The van der Waals surface area contributed by atoms with E-state index in [4.69, 9.17) is 14.6 Å². The lowest BCUT2D eigenvalue weighted by molar-refractivity contribution is -0.139. The number of carbonyl (C=O) groups is 1. The van der Waals surface area contributed by atoms with Crippen molar-refractivity contribution < 1.29 is 19.4 Å². The topological polar surface area (TPSA) is 81.5 Å². The molecule has 0 unspecified atom stereocenters. The van der Waals surface area contributed by atoms with Crippen LogP contribution in [0.5, 0.6) is 11.5 Å². The summed E-state index contributed by atoms with van der Waals surface area (Å²) < 4.78 is 10.3. The van der Waals surface area contributed by atoms with Crippen molar-refractivity contribution >= 4 is 18.1 Å². The minimum absolute atomic E-state index is 0.386. The number of methoxy groups -OCH3 is 1. The molecule has 2 rings (SSSR count). The van der Waals surface area contributed by atoms with Gasteiger partial charge in [-0.2, -0.15) is 0 Å². The Hall–Kier alpha value is -2.89. The number of benzene rings is 1. The van der Waals surface area contributed by atoms with Crippen molar-refractivity contribution in [2.24, 2.45) is 0 Å². The fourth-order valence-corrected chi connectivity index (χ4v) is 1.62. The van der Waals surface area contributed by atoms with Gasteiger partial charge in [-0.15, -0.1) is 0 Å². The minimum Gasteiger partial charge on any atom is -0.493 e. The molecule has 0 spiro atoms. The summed E-state index contributed by atoms with van der Waals surface area (Å²) in [5.74, 6) is -0.183.